The first-order valence-corrected chi connectivity index (χ1v) is 8.81. The van der Waals surface area contributed by atoms with Gasteiger partial charge in [0.05, 0.1) is 0 Å². The summed E-state index contributed by atoms with van der Waals surface area (Å²) in [6.45, 7) is 8.96. The summed E-state index contributed by atoms with van der Waals surface area (Å²) < 4.78 is 0. The first kappa shape index (κ1) is 15.1. The van der Waals surface area contributed by atoms with Gasteiger partial charge in [-0.05, 0) is 43.4 Å². The first-order chi connectivity index (χ1) is 9.16. The highest BCUT2D eigenvalue weighted by molar-refractivity contribution is 4.95. The molecule has 0 nitrogen and oxygen atoms in total. The summed E-state index contributed by atoms with van der Waals surface area (Å²) in [6.07, 6.45) is 16.2. The third-order valence-corrected chi connectivity index (χ3v) is 5.67. The standard InChI is InChI=1S/C19H34/c1-15(2)13-19(17-10-5-4-6-11-17)18-12-8-7-9-16(3)14-18/h16-19H,1,4-14H2,2-3H3. The predicted octanol–water partition coefficient (Wildman–Crippen LogP) is 6.37. The minimum absolute atomic E-state index is 0.957. The minimum Gasteiger partial charge on any atom is -0.100 e. The van der Waals surface area contributed by atoms with Crippen molar-refractivity contribution in [3.8, 4) is 0 Å². The highest BCUT2D eigenvalue weighted by atomic mass is 14.4. The maximum atomic E-state index is 4.23. The van der Waals surface area contributed by atoms with Gasteiger partial charge in [-0.25, -0.2) is 0 Å². The lowest BCUT2D eigenvalue weighted by Crippen LogP contribution is -2.26. The number of hydrogen-bond donors (Lipinski definition) is 0. The monoisotopic (exact) mass is 262 g/mol. The average molecular weight is 262 g/mol. The van der Waals surface area contributed by atoms with Gasteiger partial charge in [0.1, 0.15) is 0 Å². The second-order valence-corrected chi connectivity index (χ2v) is 7.61. The largest absolute Gasteiger partial charge is 0.100 e. The molecule has 0 saturated heterocycles. The van der Waals surface area contributed by atoms with Crippen molar-refractivity contribution < 1.29 is 0 Å². The molecule has 0 radical (unpaired) electrons. The Morgan fingerprint density at radius 3 is 2.21 bits per heavy atom. The van der Waals surface area contributed by atoms with Crippen LogP contribution in [0, 0.1) is 23.7 Å². The van der Waals surface area contributed by atoms with E-state index >= 15 is 0 Å². The molecule has 0 heteroatoms. The van der Waals surface area contributed by atoms with Crippen LogP contribution in [0.4, 0.5) is 0 Å². The van der Waals surface area contributed by atoms with Crippen LogP contribution in [0.25, 0.3) is 0 Å². The molecule has 2 fully saturated rings. The zero-order chi connectivity index (χ0) is 13.7. The maximum absolute atomic E-state index is 4.23. The van der Waals surface area contributed by atoms with Crippen LogP contribution in [-0.4, -0.2) is 0 Å². The molecule has 110 valence electrons. The molecular formula is C19H34. The van der Waals surface area contributed by atoms with Gasteiger partial charge in [0, 0.05) is 0 Å². The van der Waals surface area contributed by atoms with Crippen molar-refractivity contribution >= 4 is 0 Å². The zero-order valence-corrected chi connectivity index (χ0v) is 13.3. The second-order valence-electron chi connectivity index (χ2n) is 7.61. The van der Waals surface area contributed by atoms with E-state index in [0.717, 1.165) is 23.7 Å². The van der Waals surface area contributed by atoms with Gasteiger partial charge < -0.3 is 0 Å². The third-order valence-electron chi connectivity index (χ3n) is 5.67. The number of rotatable bonds is 4. The Bertz CT molecular complexity index is 272. The van der Waals surface area contributed by atoms with Gasteiger partial charge in [0.25, 0.3) is 0 Å². The van der Waals surface area contributed by atoms with Crippen molar-refractivity contribution in [2.75, 3.05) is 0 Å². The summed E-state index contributed by atoms with van der Waals surface area (Å²) in [5.74, 6) is 3.93. The van der Waals surface area contributed by atoms with Crippen molar-refractivity contribution in [1.82, 2.24) is 0 Å². The molecule has 0 bridgehead atoms. The quantitative estimate of drug-likeness (QED) is 0.408. The molecule has 0 heterocycles. The van der Waals surface area contributed by atoms with Crippen LogP contribution in [0.15, 0.2) is 12.2 Å². The van der Waals surface area contributed by atoms with Crippen LogP contribution in [0.3, 0.4) is 0 Å². The van der Waals surface area contributed by atoms with Gasteiger partial charge >= 0.3 is 0 Å². The summed E-state index contributed by atoms with van der Waals surface area (Å²) >= 11 is 0. The Morgan fingerprint density at radius 2 is 1.53 bits per heavy atom. The van der Waals surface area contributed by atoms with Gasteiger partial charge in [0.15, 0.2) is 0 Å². The fourth-order valence-electron chi connectivity index (χ4n) is 4.72. The molecule has 0 N–H and O–H groups in total. The van der Waals surface area contributed by atoms with Gasteiger partial charge in [-0.3, -0.25) is 0 Å². The van der Waals surface area contributed by atoms with E-state index < -0.39 is 0 Å². The maximum Gasteiger partial charge on any atom is -0.0292 e. The van der Waals surface area contributed by atoms with E-state index in [-0.39, 0.29) is 0 Å². The summed E-state index contributed by atoms with van der Waals surface area (Å²) in [5, 5.41) is 0. The van der Waals surface area contributed by atoms with Gasteiger partial charge in [-0.2, -0.15) is 0 Å². The minimum atomic E-state index is 0.957. The van der Waals surface area contributed by atoms with Gasteiger partial charge in [-0.15, -0.1) is 6.58 Å². The molecule has 0 aromatic heterocycles. The Morgan fingerprint density at radius 1 is 0.947 bits per heavy atom. The van der Waals surface area contributed by atoms with Gasteiger partial charge in [0.2, 0.25) is 0 Å². The second kappa shape index (κ2) is 7.50. The fourth-order valence-corrected chi connectivity index (χ4v) is 4.72. The average Bonchev–Trinajstić information content (AvgIpc) is 2.61. The van der Waals surface area contributed by atoms with Crippen molar-refractivity contribution in [2.45, 2.75) is 84.5 Å². The molecule has 2 saturated carbocycles. The van der Waals surface area contributed by atoms with E-state index in [1.807, 2.05) is 0 Å². The van der Waals surface area contributed by atoms with Crippen molar-refractivity contribution in [1.29, 1.82) is 0 Å². The molecule has 3 unspecified atom stereocenters. The van der Waals surface area contributed by atoms with E-state index in [1.165, 1.54) is 76.2 Å². The van der Waals surface area contributed by atoms with Crippen LogP contribution in [0.5, 0.6) is 0 Å². The summed E-state index contributed by atoms with van der Waals surface area (Å²) in [4.78, 5) is 0. The summed E-state index contributed by atoms with van der Waals surface area (Å²) in [6, 6.07) is 0. The van der Waals surface area contributed by atoms with Gasteiger partial charge in [-0.1, -0.05) is 70.3 Å². The predicted molar refractivity (Wildman–Crippen MR) is 85.2 cm³/mol. The lowest BCUT2D eigenvalue weighted by Gasteiger charge is -2.37. The van der Waals surface area contributed by atoms with Crippen LogP contribution < -0.4 is 0 Å². The molecule has 2 aliphatic carbocycles. The molecule has 19 heavy (non-hydrogen) atoms. The Labute approximate surface area is 121 Å². The Hall–Kier alpha value is -0.260. The molecule has 0 aromatic carbocycles. The summed E-state index contributed by atoms with van der Waals surface area (Å²) in [5.41, 5.74) is 1.42. The molecule has 2 rings (SSSR count). The van der Waals surface area contributed by atoms with Crippen molar-refractivity contribution in [3.05, 3.63) is 12.2 Å². The SMILES string of the molecule is C=C(C)CC(C1CCCCC1)C1CCCCC(C)C1. The Kier molecular flexibility index (Phi) is 5.98. The smallest absolute Gasteiger partial charge is 0.0292 e. The normalized spacial score (nSPS) is 31.7. The Balaban J connectivity index is 2.03. The van der Waals surface area contributed by atoms with Crippen LogP contribution in [0.2, 0.25) is 0 Å². The van der Waals surface area contributed by atoms with E-state index in [9.17, 15) is 0 Å². The lowest BCUT2D eigenvalue weighted by atomic mass is 9.69. The lowest BCUT2D eigenvalue weighted by molar-refractivity contribution is 0.153. The number of allylic oxidation sites excluding steroid dienone is 1. The molecule has 2 aliphatic rings. The number of hydrogen-bond acceptors (Lipinski definition) is 0. The van der Waals surface area contributed by atoms with E-state index in [1.54, 1.807) is 0 Å². The molecular weight excluding hydrogens is 228 g/mol. The van der Waals surface area contributed by atoms with Crippen LogP contribution in [-0.2, 0) is 0 Å². The van der Waals surface area contributed by atoms with Crippen molar-refractivity contribution in [2.24, 2.45) is 23.7 Å². The fraction of sp³-hybridized carbons (Fsp3) is 0.895. The molecule has 3 atom stereocenters. The third kappa shape index (κ3) is 4.65. The van der Waals surface area contributed by atoms with E-state index in [4.69, 9.17) is 0 Å². The molecule has 0 aliphatic heterocycles. The van der Waals surface area contributed by atoms with E-state index in [2.05, 4.69) is 20.4 Å². The highest BCUT2D eigenvalue weighted by Gasteiger charge is 2.31. The van der Waals surface area contributed by atoms with Crippen LogP contribution >= 0.6 is 0 Å². The molecule has 0 aromatic rings. The van der Waals surface area contributed by atoms with E-state index in [0.29, 0.717) is 0 Å². The molecule has 0 amide bonds. The van der Waals surface area contributed by atoms with Crippen LogP contribution in [0.1, 0.15) is 84.5 Å². The van der Waals surface area contributed by atoms with Crippen molar-refractivity contribution in [3.63, 3.8) is 0 Å². The first-order valence-electron chi connectivity index (χ1n) is 8.81. The molecule has 0 spiro atoms. The highest BCUT2D eigenvalue weighted by Crippen LogP contribution is 2.43. The summed E-state index contributed by atoms with van der Waals surface area (Å²) in [7, 11) is 0. The zero-order valence-electron chi connectivity index (χ0n) is 13.3. The topological polar surface area (TPSA) is 0 Å².